The predicted octanol–water partition coefficient (Wildman–Crippen LogP) is 3.24. The first kappa shape index (κ1) is 13.5. The minimum atomic E-state index is 0.419. The molecule has 0 saturated carbocycles. The lowest BCUT2D eigenvalue weighted by molar-refractivity contribution is 0.0726. The van der Waals surface area contributed by atoms with Gasteiger partial charge in [0.25, 0.3) is 0 Å². The minimum absolute atomic E-state index is 0.419. The average molecular weight is 270 g/mol. The summed E-state index contributed by atoms with van der Waals surface area (Å²) in [6, 6.07) is 10.5. The highest BCUT2D eigenvalue weighted by atomic mass is 16.5. The third-order valence-corrected chi connectivity index (χ3v) is 4.07. The van der Waals surface area contributed by atoms with Gasteiger partial charge in [0.05, 0.1) is 11.6 Å². The highest BCUT2D eigenvalue weighted by Crippen LogP contribution is 2.19. The van der Waals surface area contributed by atoms with Crippen molar-refractivity contribution >= 4 is 10.9 Å². The van der Waals surface area contributed by atoms with Crippen LogP contribution in [-0.4, -0.2) is 35.7 Å². The lowest BCUT2D eigenvalue weighted by Crippen LogP contribution is -2.31. The van der Waals surface area contributed by atoms with Gasteiger partial charge < -0.3 is 4.74 Å². The second kappa shape index (κ2) is 6.33. The van der Waals surface area contributed by atoms with Gasteiger partial charge >= 0.3 is 0 Å². The van der Waals surface area contributed by atoms with E-state index < -0.39 is 0 Å². The molecule has 1 saturated heterocycles. The summed E-state index contributed by atoms with van der Waals surface area (Å²) in [6.07, 6.45) is 4.74. The standard InChI is InChI=1S/C17H22N2O/c1-2-19(13-15-6-5-11-20-15)12-14-9-10-18-17-8-4-3-7-16(14)17/h3-4,7-10,15H,2,5-6,11-13H2,1H3/t15-/m0/s1. The van der Waals surface area contributed by atoms with E-state index in [0.29, 0.717) is 6.10 Å². The molecular weight excluding hydrogens is 248 g/mol. The summed E-state index contributed by atoms with van der Waals surface area (Å²) in [7, 11) is 0. The monoisotopic (exact) mass is 270 g/mol. The van der Waals surface area contributed by atoms with E-state index in [1.165, 1.54) is 23.8 Å². The van der Waals surface area contributed by atoms with E-state index in [0.717, 1.165) is 31.8 Å². The van der Waals surface area contributed by atoms with Crippen LogP contribution in [0, 0.1) is 0 Å². The van der Waals surface area contributed by atoms with Gasteiger partial charge in [0.2, 0.25) is 0 Å². The van der Waals surface area contributed by atoms with Crippen LogP contribution in [0.3, 0.4) is 0 Å². The first-order valence-corrected chi connectivity index (χ1v) is 7.53. The third kappa shape index (κ3) is 3.00. The molecule has 0 aliphatic carbocycles. The third-order valence-electron chi connectivity index (χ3n) is 4.07. The molecule has 1 aliphatic rings. The molecule has 2 aromatic rings. The van der Waals surface area contributed by atoms with Gasteiger partial charge in [-0.1, -0.05) is 25.1 Å². The van der Waals surface area contributed by atoms with Crippen molar-refractivity contribution in [1.82, 2.24) is 9.88 Å². The minimum Gasteiger partial charge on any atom is -0.377 e. The lowest BCUT2D eigenvalue weighted by atomic mass is 10.1. The zero-order valence-corrected chi connectivity index (χ0v) is 12.1. The summed E-state index contributed by atoms with van der Waals surface area (Å²) in [5, 5.41) is 1.26. The quantitative estimate of drug-likeness (QED) is 0.834. The molecule has 0 N–H and O–H groups in total. The van der Waals surface area contributed by atoms with Crippen LogP contribution in [0.25, 0.3) is 10.9 Å². The molecule has 1 fully saturated rings. The number of nitrogens with zero attached hydrogens (tertiary/aromatic N) is 2. The number of hydrogen-bond acceptors (Lipinski definition) is 3. The molecule has 20 heavy (non-hydrogen) atoms. The van der Waals surface area contributed by atoms with E-state index in [9.17, 15) is 0 Å². The number of hydrogen-bond donors (Lipinski definition) is 0. The normalized spacial score (nSPS) is 19.0. The fourth-order valence-corrected chi connectivity index (χ4v) is 2.92. The maximum atomic E-state index is 5.76. The summed E-state index contributed by atoms with van der Waals surface area (Å²) in [5.74, 6) is 0. The molecule has 1 aliphatic heterocycles. The fraction of sp³-hybridized carbons (Fsp3) is 0.471. The Bertz CT molecular complexity index is 558. The van der Waals surface area contributed by atoms with Crippen molar-refractivity contribution in [1.29, 1.82) is 0 Å². The number of para-hydroxylation sites is 1. The van der Waals surface area contributed by atoms with Gasteiger partial charge in [-0.05, 0) is 37.1 Å². The smallest absolute Gasteiger partial charge is 0.0705 e. The van der Waals surface area contributed by atoms with Crippen LogP contribution in [0.1, 0.15) is 25.3 Å². The largest absolute Gasteiger partial charge is 0.377 e. The van der Waals surface area contributed by atoms with Crippen molar-refractivity contribution in [3.8, 4) is 0 Å². The molecule has 0 bridgehead atoms. The van der Waals surface area contributed by atoms with E-state index in [-0.39, 0.29) is 0 Å². The second-order valence-corrected chi connectivity index (χ2v) is 5.45. The maximum Gasteiger partial charge on any atom is 0.0705 e. The van der Waals surface area contributed by atoms with Crippen LogP contribution < -0.4 is 0 Å². The average Bonchev–Trinajstić information content (AvgIpc) is 3.00. The Balaban J connectivity index is 1.76. The molecule has 1 atom stereocenters. The predicted molar refractivity (Wildman–Crippen MR) is 81.7 cm³/mol. The van der Waals surface area contributed by atoms with Gasteiger partial charge in [0.1, 0.15) is 0 Å². The molecule has 3 nitrogen and oxygen atoms in total. The van der Waals surface area contributed by atoms with Crippen molar-refractivity contribution in [2.24, 2.45) is 0 Å². The Morgan fingerprint density at radius 2 is 2.20 bits per heavy atom. The summed E-state index contributed by atoms with van der Waals surface area (Å²) in [4.78, 5) is 6.91. The molecule has 0 amide bonds. The molecule has 0 unspecified atom stereocenters. The summed E-state index contributed by atoms with van der Waals surface area (Å²) < 4.78 is 5.76. The molecule has 1 aromatic carbocycles. The van der Waals surface area contributed by atoms with E-state index in [2.05, 4.69) is 41.1 Å². The van der Waals surface area contributed by atoms with Crippen molar-refractivity contribution in [3.63, 3.8) is 0 Å². The zero-order chi connectivity index (χ0) is 13.8. The first-order chi connectivity index (χ1) is 9.86. The topological polar surface area (TPSA) is 25.4 Å². The molecule has 0 radical (unpaired) electrons. The van der Waals surface area contributed by atoms with Crippen molar-refractivity contribution in [2.75, 3.05) is 19.7 Å². The van der Waals surface area contributed by atoms with Crippen LogP contribution in [0.4, 0.5) is 0 Å². The molecule has 0 spiro atoms. The molecule has 3 rings (SSSR count). The number of likely N-dealkylation sites (N-methyl/N-ethyl adjacent to an activating group) is 1. The Morgan fingerprint density at radius 1 is 1.30 bits per heavy atom. The van der Waals surface area contributed by atoms with E-state index >= 15 is 0 Å². The SMILES string of the molecule is CCN(Cc1ccnc2ccccc12)C[C@@H]1CCCO1. The molecular formula is C17H22N2O. The van der Waals surface area contributed by atoms with Crippen LogP contribution in [0.2, 0.25) is 0 Å². The van der Waals surface area contributed by atoms with Crippen molar-refractivity contribution < 1.29 is 4.74 Å². The Labute approximate surface area is 120 Å². The molecule has 106 valence electrons. The summed E-state index contributed by atoms with van der Waals surface area (Å²) in [6.45, 7) is 6.21. The highest BCUT2D eigenvalue weighted by Gasteiger charge is 2.18. The Hall–Kier alpha value is -1.45. The Morgan fingerprint density at radius 3 is 3.00 bits per heavy atom. The number of ether oxygens (including phenoxy) is 1. The summed E-state index contributed by atoms with van der Waals surface area (Å²) in [5.41, 5.74) is 2.44. The van der Waals surface area contributed by atoms with Crippen LogP contribution in [0.15, 0.2) is 36.5 Å². The highest BCUT2D eigenvalue weighted by molar-refractivity contribution is 5.81. The zero-order valence-electron chi connectivity index (χ0n) is 12.1. The van der Waals surface area contributed by atoms with Gasteiger partial charge in [-0.2, -0.15) is 0 Å². The van der Waals surface area contributed by atoms with Crippen LogP contribution >= 0.6 is 0 Å². The Kier molecular flexibility index (Phi) is 4.28. The maximum absolute atomic E-state index is 5.76. The lowest BCUT2D eigenvalue weighted by Gasteiger charge is -2.24. The first-order valence-electron chi connectivity index (χ1n) is 7.53. The van der Waals surface area contributed by atoms with Gasteiger partial charge in [0.15, 0.2) is 0 Å². The number of aromatic nitrogens is 1. The molecule has 2 heterocycles. The summed E-state index contributed by atoms with van der Waals surface area (Å²) >= 11 is 0. The van der Waals surface area contributed by atoms with Crippen LogP contribution in [-0.2, 0) is 11.3 Å². The van der Waals surface area contributed by atoms with Crippen LogP contribution in [0.5, 0.6) is 0 Å². The van der Waals surface area contributed by atoms with Gasteiger partial charge in [-0.25, -0.2) is 0 Å². The van der Waals surface area contributed by atoms with Gasteiger partial charge in [-0.15, -0.1) is 0 Å². The number of benzene rings is 1. The number of fused-ring (bicyclic) bond motifs is 1. The number of rotatable bonds is 5. The van der Waals surface area contributed by atoms with E-state index in [1.807, 2.05) is 12.3 Å². The second-order valence-electron chi connectivity index (χ2n) is 5.45. The van der Waals surface area contributed by atoms with Crippen molar-refractivity contribution in [2.45, 2.75) is 32.4 Å². The van der Waals surface area contributed by atoms with E-state index in [4.69, 9.17) is 4.74 Å². The van der Waals surface area contributed by atoms with Gasteiger partial charge in [-0.3, -0.25) is 9.88 Å². The fourth-order valence-electron chi connectivity index (χ4n) is 2.92. The number of pyridine rings is 1. The van der Waals surface area contributed by atoms with Gasteiger partial charge in [0, 0.05) is 31.3 Å². The molecule has 1 aromatic heterocycles. The molecule has 3 heteroatoms. The van der Waals surface area contributed by atoms with E-state index in [1.54, 1.807) is 0 Å². The van der Waals surface area contributed by atoms with Crippen molar-refractivity contribution in [3.05, 3.63) is 42.1 Å².